The van der Waals surface area contributed by atoms with E-state index in [2.05, 4.69) is 11.0 Å². The topological polar surface area (TPSA) is 47.3 Å². The zero-order valence-corrected chi connectivity index (χ0v) is 16.0. The average Bonchev–Trinajstić information content (AvgIpc) is 2.74. The number of carbonyl (C=O) groups excluding carboxylic acids is 1. The van der Waals surface area contributed by atoms with Crippen LogP contribution in [0.5, 0.6) is 0 Å². The van der Waals surface area contributed by atoms with E-state index in [4.69, 9.17) is 5.26 Å². The summed E-state index contributed by atoms with van der Waals surface area (Å²) in [4.78, 5) is 17.0. The van der Waals surface area contributed by atoms with Gasteiger partial charge in [0.1, 0.15) is 0 Å². The Bertz CT molecular complexity index is 772. The monoisotopic (exact) mass is 361 g/mol. The normalized spacial score (nSPS) is 15.3. The Labute approximate surface area is 162 Å². The van der Waals surface area contributed by atoms with Gasteiger partial charge in [0, 0.05) is 37.8 Å². The Hall–Kier alpha value is -2.64. The van der Waals surface area contributed by atoms with Crippen LogP contribution in [-0.2, 0) is 11.2 Å². The fourth-order valence-electron chi connectivity index (χ4n) is 3.75. The van der Waals surface area contributed by atoms with Crippen molar-refractivity contribution < 1.29 is 4.79 Å². The van der Waals surface area contributed by atoms with E-state index in [0.29, 0.717) is 12.0 Å². The third kappa shape index (κ3) is 4.96. The van der Waals surface area contributed by atoms with Gasteiger partial charge >= 0.3 is 0 Å². The number of piperidine rings is 1. The highest BCUT2D eigenvalue weighted by atomic mass is 16.2. The summed E-state index contributed by atoms with van der Waals surface area (Å²) in [6.45, 7) is 4.99. The summed E-state index contributed by atoms with van der Waals surface area (Å²) >= 11 is 0. The lowest BCUT2D eigenvalue weighted by atomic mass is 10.0. The van der Waals surface area contributed by atoms with Crippen molar-refractivity contribution in [2.24, 2.45) is 0 Å². The van der Waals surface area contributed by atoms with Crippen molar-refractivity contribution in [2.45, 2.75) is 38.6 Å². The number of nitrogens with zero attached hydrogens (tertiary/aromatic N) is 3. The molecule has 3 rings (SSSR count). The first-order valence-corrected chi connectivity index (χ1v) is 9.79. The molecule has 1 saturated heterocycles. The van der Waals surface area contributed by atoms with Gasteiger partial charge in [-0.15, -0.1) is 0 Å². The Morgan fingerprint density at radius 2 is 1.78 bits per heavy atom. The molecule has 1 aliphatic rings. The van der Waals surface area contributed by atoms with E-state index in [-0.39, 0.29) is 11.9 Å². The third-order valence-corrected chi connectivity index (χ3v) is 5.33. The minimum absolute atomic E-state index is 0.206. The smallest absolute Gasteiger partial charge is 0.226 e. The number of hydrogen-bond donors (Lipinski definition) is 0. The molecule has 4 nitrogen and oxygen atoms in total. The number of para-hydroxylation sites is 1. The summed E-state index contributed by atoms with van der Waals surface area (Å²) in [5.74, 6) is 0.206. The fourth-order valence-corrected chi connectivity index (χ4v) is 3.75. The first-order chi connectivity index (χ1) is 13.2. The molecule has 0 unspecified atom stereocenters. The number of hydrogen-bond acceptors (Lipinski definition) is 3. The first kappa shape index (κ1) is 19.1. The van der Waals surface area contributed by atoms with E-state index in [1.165, 1.54) is 5.56 Å². The van der Waals surface area contributed by atoms with Crippen molar-refractivity contribution in [1.82, 2.24) is 4.90 Å². The molecule has 0 spiro atoms. The van der Waals surface area contributed by atoms with Crippen LogP contribution >= 0.6 is 0 Å². The SMILES string of the molecule is CCC(=O)N(c1ccccc1)C1CCN(CCc2ccc(C#N)cc2)CC1. The highest BCUT2D eigenvalue weighted by Crippen LogP contribution is 2.24. The van der Waals surface area contributed by atoms with Crippen LogP contribution in [0.15, 0.2) is 54.6 Å². The van der Waals surface area contributed by atoms with Crippen molar-refractivity contribution in [1.29, 1.82) is 5.26 Å². The number of benzene rings is 2. The molecule has 0 aliphatic carbocycles. The molecule has 1 amide bonds. The minimum atomic E-state index is 0.206. The maximum atomic E-state index is 12.5. The summed E-state index contributed by atoms with van der Waals surface area (Å²) in [5.41, 5.74) is 2.99. The zero-order chi connectivity index (χ0) is 19.1. The van der Waals surface area contributed by atoms with E-state index in [9.17, 15) is 4.79 Å². The number of likely N-dealkylation sites (tertiary alicyclic amines) is 1. The van der Waals surface area contributed by atoms with E-state index in [0.717, 1.165) is 44.6 Å². The summed E-state index contributed by atoms with van der Waals surface area (Å²) in [7, 11) is 0. The van der Waals surface area contributed by atoms with Crippen LogP contribution in [0.4, 0.5) is 5.69 Å². The zero-order valence-electron chi connectivity index (χ0n) is 16.0. The number of rotatable bonds is 6. The lowest BCUT2D eigenvalue weighted by molar-refractivity contribution is -0.119. The molecule has 4 heteroatoms. The van der Waals surface area contributed by atoms with Gasteiger partial charge in [0.25, 0.3) is 0 Å². The van der Waals surface area contributed by atoms with Crippen LogP contribution in [0.2, 0.25) is 0 Å². The van der Waals surface area contributed by atoms with Crippen molar-refractivity contribution in [3.05, 3.63) is 65.7 Å². The molecule has 27 heavy (non-hydrogen) atoms. The van der Waals surface area contributed by atoms with Gasteiger partial charge in [-0.1, -0.05) is 37.3 Å². The van der Waals surface area contributed by atoms with Crippen molar-refractivity contribution in [3.63, 3.8) is 0 Å². The number of carbonyl (C=O) groups is 1. The molecule has 1 fully saturated rings. The molecule has 0 radical (unpaired) electrons. The van der Waals surface area contributed by atoms with Crippen LogP contribution in [0.25, 0.3) is 0 Å². The largest absolute Gasteiger partial charge is 0.309 e. The Kier molecular flexibility index (Phi) is 6.62. The quantitative estimate of drug-likeness (QED) is 0.781. The van der Waals surface area contributed by atoms with Gasteiger partial charge in [0.2, 0.25) is 5.91 Å². The van der Waals surface area contributed by atoms with Crippen molar-refractivity contribution in [3.8, 4) is 6.07 Å². The summed E-state index contributed by atoms with van der Waals surface area (Å²) in [6, 6.07) is 20.4. The predicted octanol–water partition coefficient (Wildman–Crippen LogP) is 4.01. The van der Waals surface area contributed by atoms with E-state index in [1.807, 2.05) is 66.4 Å². The number of anilines is 1. The second kappa shape index (κ2) is 9.34. The Morgan fingerprint density at radius 1 is 1.11 bits per heavy atom. The lowest BCUT2D eigenvalue weighted by Gasteiger charge is -2.38. The summed E-state index contributed by atoms with van der Waals surface area (Å²) in [6.07, 6.45) is 3.54. The minimum Gasteiger partial charge on any atom is -0.309 e. The molecule has 2 aromatic rings. The highest BCUT2D eigenvalue weighted by molar-refractivity contribution is 5.93. The van der Waals surface area contributed by atoms with Gasteiger partial charge in [0.15, 0.2) is 0 Å². The first-order valence-electron chi connectivity index (χ1n) is 9.79. The van der Waals surface area contributed by atoms with Gasteiger partial charge in [-0.25, -0.2) is 0 Å². The highest BCUT2D eigenvalue weighted by Gasteiger charge is 2.28. The molecule has 140 valence electrons. The molecular weight excluding hydrogens is 334 g/mol. The third-order valence-electron chi connectivity index (χ3n) is 5.33. The van der Waals surface area contributed by atoms with Gasteiger partial charge < -0.3 is 9.80 Å². The van der Waals surface area contributed by atoms with Gasteiger partial charge in [-0.05, 0) is 49.1 Å². The summed E-state index contributed by atoms with van der Waals surface area (Å²) in [5, 5.41) is 8.88. The van der Waals surface area contributed by atoms with E-state index >= 15 is 0 Å². The molecular formula is C23H27N3O. The van der Waals surface area contributed by atoms with Crippen LogP contribution in [0, 0.1) is 11.3 Å². The summed E-state index contributed by atoms with van der Waals surface area (Å²) < 4.78 is 0. The van der Waals surface area contributed by atoms with E-state index < -0.39 is 0 Å². The van der Waals surface area contributed by atoms with Crippen LogP contribution in [-0.4, -0.2) is 36.5 Å². The molecule has 2 aromatic carbocycles. The van der Waals surface area contributed by atoms with Gasteiger partial charge in [-0.2, -0.15) is 5.26 Å². The maximum Gasteiger partial charge on any atom is 0.226 e. The molecule has 0 atom stereocenters. The van der Waals surface area contributed by atoms with Gasteiger partial charge in [-0.3, -0.25) is 4.79 Å². The standard InChI is InChI=1S/C23H27N3O/c1-2-23(27)26(21-6-4-3-5-7-21)22-13-16-25(17-14-22)15-12-19-8-10-20(18-24)11-9-19/h3-11,22H,2,12-17H2,1H3. The Balaban J connectivity index is 1.55. The van der Waals surface area contributed by atoms with Crippen molar-refractivity contribution >= 4 is 11.6 Å². The predicted molar refractivity (Wildman–Crippen MR) is 109 cm³/mol. The van der Waals surface area contributed by atoms with Crippen LogP contribution in [0.3, 0.4) is 0 Å². The molecule has 0 saturated carbocycles. The van der Waals surface area contributed by atoms with Crippen LogP contribution < -0.4 is 4.90 Å². The molecule has 0 N–H and O–H groups in total. The molecule has 0 aromatic heterocycles. The van der Waals surface area contributed by atoms with Crippen LogP contribution in [0.1, 0.15) is 37.3 Å². The second-order valence-electron chi connectivity index (χ2n) is 7.08. The fraction of sp³-hybridized carbons (Fsp3) is 0.391. The number of nitriles is 1. The van der Waals surface area contributed by atoms with Crippen molar-refractivity contribution in [2.75, 3.05) is 24.5 Å². The Morgan fingerprint density at radius 3 is 2.37 bits per heavy atom. The average molecular weight is 361 g/mol. The maximum absolute atomic E-state index is 12.5. The second-order valence-corrected chi connectivity index (χ2v) is 7.08. The number of amides is 1. The van der Waals surface area contributed by atoms with Gasteiger partial charge in [0.05, 0.1) is 11.6 Å². The molecule has 1 aliphatic heterocycles. The lowest BCUT2D eigenvalue weighted by Crippen LogP contribution is -2.47. The van der Waals surface area contributed by atoms with E-state index in [1.54, 1.807) is 0 Å². The molecule has 0 bridgehead atoms. The molecule has 1 heterocycles.